The third-order valence-corrected chi connectivity index (χ3v) is 5.95. The molecule has 2 fully saturated rings. The number of rotatable bonds is 8. The van der Waals surface area contributed by atoms with E-state index in [1.54, 1.807) is 12.0 Å². The van der Waals surface area contributed by atoms with Crippen LogP contribution < -0.4 is 4.74 Å². The van der Waals surface area contributed by atoms with E-state index in [0.29, 0.717) is 12.3 Å². The van der Waals surface area contributed by atoms with E-state index >= 15 is 0 Å². The molecule has 2 saturated heterocycles. The first-order valence-corrected chi connectivity index (χ1v) is 10.4. The molecule has 2 aliphatic heterocycles. The Labute approximate surface area is 168 Å². The Bertz CT molecular complexity index is 679. The van der Waals surface area contributed by atoms with E-state index in [9.17, 15) is 9.59 Å². The first kappa shape index (κ1) is 20.6. The normalized spacial score (nSPS) is 20.4. The van der Waals surface area contributed by atoms with Gasteiger partial charge in [-0.05, 0) is 49.8 Å². The molecule has 0 bridgehead atoms. The fraction of sp³-hybridized carbons (Fsp3) is 0.636. The van der Waals surface area contributed by atoms with Crippen molar-refractivity contribution in [2.75, 3.05) is 53.4 Å². The van der Waals surface area contributed by atoms with Gasteiger partial charge in [0.1, 0.15) is 5.75 Å². The van der Waals surface area contributed by atoms with Gasteiger partial charge in [0.25, 0.3) is 0 Å². The zero-order valence-corrected chi connectivity index (χ0v) is 17.2. The Morgan fingerprint density at radius 3 is 2.82 bits per heavy atom. The summed E-state index contributed by atoms with van der Waals surface area (Å²) < 4.78 is 5.46. The number of piperidine rings is 1. The van der Waals surface area contributed by atoms with E-state index in [-0.39, 0.29) is 18.4 Å². The highest BCUT2D eigenvalue weighted by atomic mass is 16.5. The van der Waals surface area contributed by atoms with Crippen molar-refractivity contribution in [3.63, 3.8) is 0 Å². The van der Waals surface area contributed by atoms with Crippen LogP contribution in [0.5, 0.6) is 5.75 Å². The van der Waals surface area contributed by atoms with Crippen LogP contribution in [0.15, 0.2) is 24.3 Å². The zero-order valence-electron chi connectivity index (χ0n) is 17.2. The number of hydrogen-bond donors (Lipinski definition) is 0. The van der Waals surface area contributed by atoms with Gasteiger partial charge in [0.2, 0.25) is 11.8 Å². The number of carbonyl (C=O) groups is 2. The number of nitrogens with zero attached hydrogens (tertiary/aromatic N) is 3. The van der Waals surface area contributed by atoms with E-state index in [0.717, 1.165) is 57.7 Å². The zero-order chi connectivity index (χ0) is 19.9. The molecule has 28 heavy (non-hydrogen) atoms. The maximum Gasteiger partial charge on any atom is 0.241 e. The summed E-state index contributed by atoms with van der Waals surface area (Å²) >= 11 is 0. The second kappa shape index (κ2) is 9.92. The number of para-hydroxylation sites is 1. The maximum atomic E-state index is 12.5. The predicted molar refractivity (Wildman–Crippen MR) is 109 cm³/mol. The second-order valence-corrected chi connectivity index (χ2v) is 8.06. The molecule has 6 heteroatoms. The van der Waals surface area contributed by atoms with Gasteiger partial charge >= 0.3 is 0 Å². The van der Waals surface area contributed by atoms with Gasteiger partial charge in [0.05, 0.1) is 13.7 Å². The summed E-state index contributed by atoms with van der Waals surface area (Å²) in [6.45, 7) is 4.88. The minimum atomic E-state index is 0.0568. The second-order valence-electron chi connectivity index (χ2n) is 8.06. The van der Waals surface area contributed by atoms with E-state index in [1.807, 2.05) is 24.1 Å². The lowest BCUT2D eigenvalue weighted by atomic mass is 9.97. The summed E-state index contributed by atoms with van der Waals surface area (Å²) in [5.74, 6) is 1.62. The molecule has 2 amide bonds. The molecule has 154 valence electrons. The van der Waals surface area contributed by atoms with Crippen LogP contribution in [0.25, 0.3) is 0 Å². The number of amides is 2. The van der Waals surface area contributed by atoms with Crippen molar-refractivity contribution in [2.24, 2.45) is 5.92 Å². The van der Waals surface area contributed by atoms with Gasteiger partial charge in [0, 0.05) is 39.6 Å². The molecule has 0 aromatic heterocycles. The molecule has 2 heterocycles. The highest BCUT2D eigenvalue weighted by Gasteiger charge is 2.26. The average molecular weight is 388 g/mol. The highest BCUT2D eigenvalue weighted by Crippen LogP contribution is 2.21. The molecular formula is C22H33N3O3. The smallest absolute Gasteiger partial charge is 0.241 e. The Morgan fingerprint density at radius 2 is 2.07 bits per heavy atom. The molecule has 0 N–H and O–H groups in total. The molecule has 0 unspecified atom stereocenters. The molecule has 2 aliphatic rings. The predicted octanol–water partition coefficient (Wildman–Crippen LogP) is 2.03. The number of ether oxygens (including phenoxy) is 1. The topological polar surface area (TPSA) is 53.1 Å². The average Bonchev–Trinajstić information content (AvgIpc) is 3.11. The Hall–Kier alpha value is -2.08. The highest BCUT2D eigenvalue weighted by molar-refractivity contribution is 5.85. The largest absolute Gasteiger partial charge is 0.496 e. The number of likely N-dealkylation sites (N-methyl/N-ethyl adjacent to an activating group) is 1. The van der Waals surface area contributed by atoms with Crippen LogP contribution in [0.3, 0.4) is 0 Å². The minimum Gasteiger partial charge on any atom is -0.496 e. The standard InChI is InChI=1S/C22H33N3O3/c1-23(22(27)17-25-13-6-10-21(25)26)15-18-7-5-12-24(16-18)14-11-19-8-3-4-9-20(19)28-2/h3-4,8-9,18H,5-7,10-17H2,1-2H3/t18-/m0/s1. The van der Waals surface area contributed by atoms with Gasteiger partial charge < -0.3 is 19.4 Å². The third-order valence-electron chi connectivity index (χ3n) is 5.95. The monoisotopic (exact) mass is 387 g/mol. The summed E-state index contributed by atoms with van der Waals surface area (Å²) in [6.07, 6.45) is 4.76. The lowest BCUT2D eigenvalue weighted by Crippen LogP contribution is -2.45. The SMILES string of the molecule is COc1ccccc1CCN1CCC[C@@H](CN(C)C(=O)CN2CCCC2=O)C1. The Kier molecular flexibility index (Phi) is 7.31. The van der Waals surface area contributed by atoms with Crippen molar-refractivity contribution in [3.05, 3.63) is 29.8 Å². The lowest BCUT2D eigenvalue weighted by molar-refractivity contribution is -0.138. The molecule has 0 aliphatic carbocycles. The van der Waals surface area contributed by atoms with Crippen LogP contribution in [0, 0.1) is 5.92 Å². The van der Waals surface area contributed by atoms with E-state index < -0.39 is 0 Å². The van der Waals surface area contributed by atoms with Gasteiger partial charge in [-0.2, -0.15) is 0 Å². The van der Waals surface area contributed by atoms with Crippen LogP contribution >= 0.6 is 0 Å². The van der Waals surface area contributed by atoms with Crippen molar-refractivity contribution < 1.29 is 14.3 Å². The van der Waals surface area contributed by atoms with E-state index in [1.165, 1.54) is 12.0 Å². The molecule has 0 radical (unpaired) electrons. The number of hydrogen-bond acceptors (Lipinski definition) is 4. The summed E-state index contributed by atoms with van der Waals surface area (Å²) in [4.78, 5) is 30.2. The molecule has 6 nitrogen and oxygen atoms in total. The summed E-state index contributed by atoms with van der Waals surface area (Å²) in [6, 6.07) is 8.21. The number of carbonyl (C=O) groups excluding carboxylic acids is 2. The Balaban J connectivity index is 1.45. The van der Waals surface area contributed by atoms with Crippen molar-refractivity contribution in [1.29, 1.82) is 0 Å². The fourth-order valence-electron chi connectivity index (χ4n) is 4.34. The van der Waals surface area contributed by atoms with E-state index in [4.69, 9.17) is 4.74 Å². The number of likely N-dealkylation sites (tertiary alicyclic amines) is 2. The van der Waals surface area contributed by atoms with Gasteiger partial charge in [-0.15, -0.1) is 0 Å². The maximum absolute atomic E-state index is 12.5. The van der Waals surface area contributed by atoms with Crippen LogP contribution in [0.4, 0.5) is 0 Å². The summed E-state index contributed by atoms with van der Waals surface area (Å²) in [7, 11) is 3.59. The summed E-state index contributed by atoms with van der Waals surface area (Å²) in [5, 5.41) is 0. The molecule has 3 rings (SSSR count). The van der Waals surface area contributed by atoms with Crippen molar-refractivity contribution >= 4 is 11.8 Å². The third kappa shape index (κ3) is 5.47. The van der Waals surface area contributed by atoms with Crippen LogP contribution in [-0.4, -0.2) is 79.9 Å². The first-order chi connectivity index (χ1) is 13.6. The van der Waals surface area contributed by atoms with E-state index in [2.05, 4.69) is 17.0 Å². The van der Waals surface area contributed by atoms with Gasteiger partial charge in [-0.1, -0.05) is 18.2 Å². The van der Waals surface area contributed by atoms with Crippen molar-refractivity contribution in [1.82, 2.24) is 14.7 Å². The van der Waals surface area contributed by atoms with Crippen molar-refractivity contribution in [3.8, 4) is 5.75 Å². The minimum absolute atomic E-state index is 0.0568. The van der Waals surface area contributed by atoms with Crippen LogP contribution in [0.2, 0.25) is 0 Å². The quantitative estimate of drug-likeness (QED) is 0.685. The lowest BCUT2D eigenvalue weighted by Gasteiger charge is -2.35. The molecule has 1 aromatic carbocycles. The molecule has 1 aromatic rings. The molecule has 1 atom stereocenters. The fourth-order valence-corrected chi connectivity index (χ4v) is 4.34. The molecule has 0 spiro atoms. The first-order valence-electron chi connectivity index (χ1n) is 10.4. The Morgan fingerprint density at radius 1 is 1.25 bits per heavy atom. The van der Waals surface area contributed by atoms with Gasteiger partial charge in [-0.25, -0.2) is 0 Å². The van der Waals surface area contributed by atoms with Gasteiger partial charge in [0.15, 0.2) is 0 Å². The molecular weight excluding hydrogens is 354 g/mol. The number of methoxy groups -OCH3 is 1. The van der Waals surface area contributed by atoms with Crippen LogP contribution in [-0.2, 0) is 16.0 Å². The number of benzene rings is 1. The van der Waals surface area contributed by atoms with Crippen molar-refractivity contribution in [2.45, 2.75) is 32.1 Å². The summed E-state index contributed by atoms with van der Waals surface area (Å²) in [5.41, 5.74) is 1.25. The molecule has 0 saturated carbocycles. The van der Waals surface area contributed by atoms with Gasteiger partial charge in [-0.3, -0.25) is 9.59 Å². The van der Waals surface area contributed by atoms with Crippen LogP contribution in [0.1, 0.15) is 31.2 Å².